The molecule has 3 heterocycles. The fourth-order valence-corrected chi connectivity index (χ4v) is 4.59. The largest absolute Gasteiger partial charge is 0.378 e. The van der Waals surface area contributed by atoms with E-state index in [1.54, 1.807) is 16.2 Å². The van der Waals surface area contributed by atoms with Crippen molar-refractivity contribution in [1.29, 1.82) is 0 Å². The summed E-state index contributed by atoms with van der Waals surface area (Å²) < 4.78 is 5.82. The van der Waals surface area contributed by atoms with Gasteiger partial charge in [-0.05, 0) is 23.9 Å². The van der Waals surface area contributed by atoms with Crippen LogP contribution >= 0.6 is 35.3 Å². The molecule has 0 bridgehead atoms. The third-order valence-electron chi connectivity index (χ3n) is 3.83. The van der Waals surface area contributed by atoms with Crippen LogP contribution in [0.5, 0.6) is 0 Å². The summed E-state index contributed by atoms with van der Waals surface area (Å²) in [5.74, 6) is 0.0649. The molecule has 128 valence electrons. The molecule has 0 aliphatic carbocycles. The number of ether oxygens (including phenoxy) is 1. The Morgan fingerprint density at radius 3 is 2.88 bits per heavy atom. The number of carbonyl (C=O) groups excluding carboxylic acids is 2. The van der Waals surface area contributed by atoms with Crippen molar-refractivity contribution in [3.8, 4) is 0 Å². The van der Waals surface area contributed by atoms with Crippen LogP contribution in [0, 0.1) is 0 Å². The minimum atomic E-state index is -0.0581. The minimum absolute atomic E-state index is 0.0581. The van der Waals surface area contributed by atoms with Gasteiger partial charge in [0.05, 0.1) is 18.1 Å². The van der Waals surface area contributed by atoms with Crippen molar-refractivity contribution in [1.82, 2.24) is 9.80 Å². The topological polar surface area (TPSA) is 49.9 Å². The summed E-state index contributed by atoms with van der Waals surface area (Å²) in [6.07, 6.45) is 2.93. The van der Waals surface area contributed by atoms with Gasteiger partial charge in [0, 0.05) is 30.9 Å². The predicted molar refractivity (Wildman–Crippen MR) is 101 cm³/mol. The van der Waals surface area contributed by atoms with E-state index in [9.17, 15) is 9.59 Å². The fourth-order valence-electron chi connectivity index (χ4n) is 2.55. The Morgan fingerprint density at radius 1 is 1.38 bits per heavy atom. The number of amides is 2. The molecule has 1 aromatic heterocycles. The molecule has 0 spiro atoms. The Kier molecular flexibility index (Phi) is 6.04. The number of thiocarbonyl (C=S) groups is 1. The third kappa shape index (κ3) is 4.24. The number of morpholine rings is 1. The molecule has 2 saturated heterocycles. The van der Waals surface area contributed by atoms with Gasteiger partial charge in [0.25, 0.3) is 5.91 Å². The maximum Gasteiger partial charge on any atom is 0.266 e. The maximum absolute atomic E-state index is 12.5. The van der Waals surface area contributed by atoms with E-state index in [-0.39, 0.29) is 11.8 Å². The minimum Gasteiger partial charge on any atom is -0.378 e. The van der Waals surface area contributed by atoms with E-state index < -0.39 is 0 Å². The monoisotopic (exact) mass is 382 g/mol. The van der Waals surface area contributed by atoms with E-state index >= 15 is 0 Å². The zero-order valence-electron chi connectivity index (χ0n) is 13.1. The van der Waals surface area contributed by atoms with E-state index in [2.05, 4.69) is 0 Å². The zero-order valence-corrected chi connectivity index (χ0v) is 15.6. The van der Waals surface area contributed by atoms with Gasteiger partial charge in [-0.15, -0.1) is 11.3 Å². The number of hydrogen-bond acceptors (Lipinski definition) is 6. The predicted octanol–water partition coefficient (Wildman–Crippen LogP) is 2.59. The molecule has 0 unspecified atom stereocenters. The number of thiophene rings is 1. The van der Waals surface area contributed by atoms with Crippen molar-refractivity contribution in [2.75, 3.05) is 32.8 Å². The van der Waals surface area contributed by atoms with Gasteiger partial charge in [-0.1, -0.05) is 30.0 Å². The third-order valence-corrected chi connectivity index (χ3v) is 6.02. The van der Waals surface area contributed by atoms with Gasteiger partial charge >= 0.3 is 0 Å². The molecule has 24 heavy (non-hydrogen) atoms. The lowest BCUT2D eigenvalue weighted by atomic mass is 10.2. The Balaban J connectivity index is 1.51. The lowest BCUT2D eigenvalue weighted by molar-refractivity contribution is -0.135. The molecule has 2 aliphatic heterocycles. The Labute approximate surface area is 154 Å². The average Bonchev–Trinajstić information content (AvgIpc) is 3.19. The molecule has 2 amide bonds. The molecule has 1 aromatic rings. The molecule has 2 fully saturated rings. The highest BCUT2D eigenvalue weighted by Crippen LogP contribution is 2.33. The van der Waals surface area contributed by atoms with Crippen molar-refractivity contribution in [2.45, 2.75) is 12.8 Å². The van der Waals surface area contributed by atoms with Gasteiger partial charge in [0.2, 0.25) is 5.91 Å². The van der Waals surface area contributed by atoms with E-state index in [4.69, 9.17) is 17.0 Å². The average molecular weight is 383 g/mol. The van der Waals surface area contributed by atoms with Crippen LogP contribution in [0.2, 0.25) is 0 Å². The van der Waals surface area contributed by atoms with Crippen LogP contribution in [0.3, 0.4) is 0 Å². The lowest BCUT2D eigenvalue weighted by Gasteiger charge is -2.27. The van der Waals surface area contributed by atoms with Crippen LogP contribution in [0.25, 0.3) is 6.08 Å². The second-order valence-electron chi connectivity index (χ2n) is 5.45. The quantitative estimate of drug-likeness (QED) is 0.579. The van der Waals surface area contributed by atoms with Gasteiger partial charge < -0.3 is 9.64 Å². The first kappa shape index (κ1) is 17.6. The number of rotatable bonds is 5. The molecule has 0 saturated carbocycles. The smallest absolute Gasteiger partial charge is 0.266 e. The summed E-state index contributed by atoms with van der Waals surface area (Å²) in [6, 6.07) is 3.92. The Bertz CT molecular complexity index is 652. The summed E-state index contributed by atoms with van der Waals surface area (Å²) in [7, 11) is 0. The van der Waals surface area contributed by atoms with Crippen LogP contribution in [-0.4, -0.2) is 58.8 Å². The summed E-state index contributed by atoms with van der Waals surface area (Å²) in [4.78, 5) is 29.7. The SMILES string of the molecule is O=C(CCCN1C(=O)C(=Cc2cccs2)SC1=S)N1CCOCC1. The van der Waals surface area contributed by atoms with Crippen LogP contribution in [0.4, 0.5) is 0 Å². The first-order valence-corrected chi connectivity index (χ1v) is 9.90. The van der Waals surface area contributed by atoms with Crippen molar-refractivity contribution in [3.05, 3.63) is 27.3 Å². The van der Waals surface area contributed by atoms with E-state index in [1.165, 1.54) is 11.8 Å². The summed E-state index contributed by atoms with van der Waals surface area (Å²) in [6.45, 7) is 3.01. The first-order valence-electron chi connectivity index (χ1n) is 7.79. The van der Waals surface area contributed by atoms with E-state index in [0.29, 0.717) is 54.9 Å². The standard InChI is InChI=1S/C16H18N2O3S3/c19-14(17-6-8-21-9-7-17)4-1-5-18-15(20)13(24-16(18)22)11-12-3-2-10-23-12/h2-3,10-11H,1,4-9H2. The molecule has 0 aromatic carbocycles. The van der Waals surface area contributed by atoms with Crippen LogP contribution in [0.15, 0.2) is 22.4 Å². The summed E-state index contributed by atoms with van der Waals surface area (Å²) in [5, 5.41) is 1.98. The molecular formula is C16H18N2O3S3. The van der Waals surface area contributed by atoms with E-state index in [1.807, 2.05) is 28.5 Å². The molecule has 0 N–H and O–H groups in total. The van der Waals surface area contributed by atoms with Gasteiger partial charge in [-0.3, -0.25) is 14.5 Å². The van der Waals surface area contributed by atoms with Gasteiger partial charge in [0.1, 0.15) is 4.32 Å². The zero-order chi connectivity index (χ0) is 16.9. The number of carbonyl (C=O) groups is 2. The molecule has 0 radical (unpaired) electrons. The van der Waals surface area contributed by atoms with Gasteiger partial charge in [-0.25, -0.2) is 0 Å². The normalized spacial score (nSPS) is 20.2. The van der Waals surface area contributed by atoms with Gasteiger partial charge in [0.15, 0.2) is 0 Å². The maximum atomic E-state index is 12.5. The van der Waals surface area contributed by atoms with E-state index in [0.717, 1.165) is 4.88 Å². The number of hydrogen-bond donors (Lipinski definition) is 0. The summed E-state index contributed by atoms with van der Waals surface area (Å²) in [5.41, 5.74) is 0. The first-order chi connectivity index (χ1) is 11.6. The van der Waals surface area contributed by atoms with Crippen molar-refractivity contribution >= 4 is 57.5 Å². The highest BCUT2D eigenvalue weighted by molar-refractivity contribution is 8.26. The molecule has 2 aliphatic rings. The fraction of sp³-hybridized carbons (Fsp3) is 0.438. The number of thioether (sulfide) groups is 1. The van der Waals surface area contributed by atoms with Crippen molar-refractivity contribution < 1.29 is 14.3 Å². The van der Waals surface area contributed by atoms with Gasteiger partial charge in [-0.2, -0.15) is 0 Å². The second kappa shape index (κ2) is 8.24. The Hall–Kier alpha value is -1.22. The molecule has 0 atom stereocenters. The van der Waals surface area contributed by atoms with Crippen LogP contribution in [0.1, 0.15) is 17.7 Å². The van der Waals surface area contributed by atoms with Crippen molar-refractivity contribution in [2.24, 2.45) is 0 Å². The summed E-state index contributed by atoms with van der Waals surface area (Å²) >= 11 is 8.23. The molecule has 3 rings (SSSR count). The second-order valence-corrected chi connectivity index (χ2v) is 8.10. The lowest BCUT2D eigenvalue weighted by Crippen LogP contribution is -2.41. The Morgan fingerprint density at radius 2 is 2.17 bits per heavy atom. The highest BCUT2D eigenvalue weighted by atomic mass is 32.2. The van der Waals surface area contributed by atoms with Crippen LogP contribution in [-0.2, 0) is 14.3 Å². The highest BCUT2D eigenvalue weighted by Gasteiger charge is 2.31. The van der Waals surface area contributed by atoms with Crippen molar-refractivity contribution in [3.63, 3.8) is 0 Å². The number of nitrogens with zero attached hydrogens (tertiary/aromatic N) is 2. The van der Waals surface area contributed by atoms with Crippen LogP contribution < -0.4 is 0 Å². The molecule has 8 heteroatoms. The molecule has 5 nitrogen and oxygen atoms in total. The molecular weight excluding hydrogens is 364 g/mol.